The lowest BCUT2D eigenvalue weighted by molar-refractivity contribution is 0.143. The number of aromatic nitrogens is 2. The molecule has 1 fully saturated rings. The van der Waals surface area contributed by atoms with Crippen molar-refractivity contribution < 1.29 is 0 Å². The van der Waals surface area contributed by atoms with Crippen LogP contribution in [0.1, 0.15) is 45.0 Å². The van der Waals surface area contributed by atoms with E-state index in [1.54, 1.807) is 0 Å². The van der Waals surface area contributed by atoms with E-state index in [1.807, 2.05) is 0 Å². The zero-order valence-corrected chi connectivity index (χ0v) is 12.9. The SMILES string of the molecule is CCc1cc(CN2CCC(C)(NC)CC2)n(CC)n1. The van der Waals surface area contributed by atoms with Crippen molar-refractivity contribution in [3.05, 3.63) is 17.5 Å². The number of hydrogen-bond donors (Lipinski definition) is 1. The molecule has 0 aliphatic carbocycles. The third kappa shape index (κ3) is 3.37. The zero-order valence-electron chi connectivity index (χ0n) is 12.9. The Morgan fingerprint density at radius 2 is 2.00 bits per heavy atom. The van der Waals surface area contributed by atoms with Gasteiger partial charge in [0.15, 0.2) is 0 Å². The molecule has 1 aromatic heterocycles. The Hall–Kier alpha value is -0.870. The van der Waals surface area contributed by atoms with E-state index in [-0.39, 0.29) is 0 Å². The molecular weight excluding hydrogens is 236 g/mol. The van der Waals surface area contributed by atoms with Gasteiger partial charge in [0.05, 0.1) is 11.4 Å². The van der Waals surface area contributed by atoms with E-state index >= 15 is 0 Å². The van der Waals surface area contributed by atoms with Gasteiger partial charge in [-0.25, -0.2) is 0 Å². The normalized spacial score (nSPS) is 19.8. The molecule has 1 aromatic rings. The maximum atomic E-state index is 4.64. The summed E-state index contributed by atoms with van der Waals surface area (Å²) in [6, 6.07) is 2.27. The Morgan fingerprint density at radius 3 is 2.53 bits per heavy atom. The predicted molar refractivity (Wildman–Crippen MR) is 79.3 cm³/mol. The van der Waals surface area contributed by atoms with Crippen LogP contribution in [0.25, 0.3) is 0 Å². The second kappa shape index (κ2) is 6.06. The third-order valence-corrected chi connectivity index (χ3v) is 4.52. The van der Waals surface area contributed by atoms with Crippen LogP contribution in [-0.4, -0.2) is 40.4 Å². The highest BCUT2D eigenvalue weighted by atomic mass is 15.3. The van der Waals surface area contributed by atoms with Gasteiger partial charge in [-0.05, 0) is 46.2 Å². The van der Waals surface area contributed by atoms with Gasteiger partial charge in [0, 0.05) is 31.7 Å². The number of likely N-dealkylation sites (tertiary alicyclic amines) is 1. The second-order valence-corrected chi connectivity index (χ2v) is 5.88. The van der Waals surface area contributed by atoms with Crippen molar-refractivity contribution in [2.45, 2.75) is 58.7 Å². The molecule has 1 saturated heterocycles. The lowest BCUT2D eigenvalue weighted by atomic mass is 9.90. The van der Waals surface area contributed by atoms with Gasteiger partial charge in [-0.3, -0.25) is 9.58 Å². The molecule has 0 radical (unpaired) electrons. The average molecular weight is 264 g/mol. The average Bonchev–Trinajstić information content (AvgIpc) is 2.84. The van der Waals surface area contributed by atoms with Gasteiger partial charge in [0.1, 0.15) is 0 Å². The first kappa shape index (κ1) is 14.5. The van der Waals surface area contributed by atoms with E-state index in [0.717, 1.165) is 19.5 Å². The lowest BCUT2D eigenvalue weighted by Gasteiger charge is -2.39. The van der Waals surface area contributed by atoms with Gasteiger partial charge < -0.3 is 5.32 Å². The van der Waals surface area contributed by atoms with E-state index in [4.69, 9.17) is 0 Å². The highest BCUT2D eigenvalue weighted by Gasteiger charge is 2.28. The maximum absolute atomic E-state index is 4.64. The molecule has 1 aliphatic rings. The van der Waals surface area contributed by atoms with Crippen molar-refractivity contribution in [3.8, 4) is 0 Å². The summed E-state index contributed by atoms with van der Waals surface area (Å²) in [5.74, 6) is 0. The number of hydrogen-bond acceptors (Lipinski definition) is 3. The smallest absolute Gasteiger partial charge is 0.0625 e. The van der Waals surface area contributed by atoms with Crippen LogP contribution in [0.5, 0.6) is 0 Å². The van der Waals surface area contributed by atoms with Crippen LogP contribution in [0.2, 0.25) is 0 Å². The number of nitrogens with zero attached hydrogens (tertiary/aromatic N) is 3. The van der Waals surface area contributed by atoms with Crippen LogP contribution >= 0.6 is 0 Å². The molecule has 108 valence electrons. The molecule has 0 saturated carbocycles. The number of nitrogens with one attached hydrogen (secondary N) is 1. The fraction of sp³-hybridized carbons (Fsp3) is 0.800. The Bertz CT molecular complexity index is 402. The number of aryl methyl sites for hydroxylation is 2. The first-order valence-corrected chi connectivity index (χ1v) is 7.57. The Labute approximate surface area is 117 Å². The molecule has 0 unspecified atom stereocenters. The largest absolute Gasteiger partial charge is 0.314 e. The molecule has 19 heavy (non-hydrogen) atoms. The molecule has 4 nitrogen and oxygen atoms in total. The van der Waals surface area contributed by atoms with Crippen molar-refractivity contribution in [1.82, 2.24) is 20.0 Å². The van der Waals surface area contributed by atoms with Gasteiger partial charge in [-0.1, -0.05) is 6.92 Å². The zero-order chi connectivity index (χ0) is 13.9. The molecule has 1 aliphatic heterocycles. The summed E-state index contributed by atoms with van der Waals surface area (Å²) in [6.45, 7) is 11.0. The van der Waals surface area contributed by atoms with Crippen LogP contribution in [0.3, 0.4) is 0 Å². The summed E-state index contributed by atoms with van der Waals surface area (Å²) in [7, 11) is 2.08. The molecular formula is C15H28N4. The van der Waals surface area contributed by atoms with Crippen LogP contribution in [-0.2, 0) is 19.5 Å². The van der Waals surface area contributed by atoms with Gasteiger partial charge in [0.25, 0.3) is 0 Å². The standard InChI is InChI=1S/C15H28N4/c1-5-13-11-14(19(6-2)17-13)12-18-9-7-15(3,16-4)8-10-18/h11,16H,5-10,12H2,1-4H3. The Kier molecular flexibility index (Phi) is 4.63. The molecule has 0 bridgehead atoms. The molecule has 2 heterocycles. The highest BCUT2D eigenvalue weighted by molar-refractivity contribution is 5.10. The molecule has 1 N–H and O–H groups in total. The third-order valence-electron chi connectivity index (χ3n) is 4.52. The first-order chi connectivity index (χ1) is 9.10. The van der Waals surface area contributed by atoms with Crippen LogP contribution < -0.4 is 5.32 Å². The Morgan fingerprint density at radius 1 is 1.32 bits per heavy atom. The van der Waals surface area contributed by atoms with Crippen molar-refractivity contribution in [2.75, 3.05) is 20.1 Å². The topological polar surface area (TPSA) is 33.1 Å². The Balaban J connectivity index is 1.97. The van der Waals surface area contributed by atoms with Crippen molar-refractivity contribution >= 4 is 0 Å². The van der Waals surface area contributed by atoms with Crippen molar-refractivity contribution in [1.29, 1.82) is 0 Å². The molecule has 0 aromatic carbocycles. The fourth-order valence-corrected chi connectivity index (χ4v) is 2.77. The monoisotopic (exact) mass is 264 g/mol. The number of rotatable bonds is 5. The number of piperidine rings is 1. The van der Waals surface area contributed by atoms with Gasteiger partial charge in [0.2, 0.25) is 0 Å². The quantitative estimate of drug-likeness (QED) is 0.883. The summed E-state index contributed by atoms with van der Waals surface area (Å²) in [5.41, 5.74) is 2.91. The van der Waals surface area contributed by atoms with Gasteiger partial charge >= 0.3 is 0 Å². The molecule has 2 rings (SSSR count). The minimum atomic E-state index is 0.329. The maximum Gasteiger partial charge on any atom is 0.0625 e. The second-order valence-electron chi connectivity index (χ2n) is 5.88. The van der Waals surface area contributed by atoms with Crippen molar-refractivity contribution in [3.63, 3.8) is 0 Å². The van der Waals surface area contributed by atoms with E-state index < -0.39 is 0 Å². The van der Waals surface area contributed by atoms with Gasteiger partial charge in [-0.15, -0.1) is 0 Å². The van der Waals surface area contributed by atoms with E-state index in [1.165, 1.54) is 37.3 Å². The summed E-state index contributed by atoms with van der Waals surface area (Å²) in [4.78, 5) is 2.56. The summed E-state index contributed by atoms with van der Waals surface area (Å²) in [5, 5.41) is 8.09. The molecule has 0 atom stereocenters. The minimum absolute atomic E-state index is 0.329. The fourth-order valence-electron chi connectivity index (χ4n) is 2.77. The molecule has 4 heteroatoms. The highest BCUT2D eigenvalue weighted by Crippen LogP contribution is 2.22. The van der Waals surface area contributed by atoms with Crippen LogP contribution in [0.4, 0.5) is 0 Å². The van der Waals surface area contributed by atoms with E-state index in [0.29, 0.717) is 5.54 Å². The lowest BCUT2D eigenvalue weighted by Crippen LogP contribution is -2.49. The van der Waals surface area contributed by atoms with E-state index in [2.05, 4.69) is 53.9 Å². The summed E-state index contributed by atoms with van der Waals surface area (Å²) >= 11 is 0. The van der Waals surface area contributed by atoms with Crippen molar-refractivity contribution in [2.24, 2.45) is 0 Å². The summed E-state index contributed by atoms with van der Waals surface area (Å²) < 4.78 is 2.16. The van der Waals surface area contributed by atoms with Gasteiger partial charge in [-0.2, -0.15) is 5.10 Å². The molecule has 0 amide bonds. The first-order valence-electron chi connectivity index (χ1n) is 7.57. The predicted octanol–water partition coefficient (Wildman–Crippen LogP) is 2.04. The summed E-state index contributed by atoms with van der Waals surface area (Å²) in [6.07, 6.45) is 3.48. The van der Waals surface area contributed by atoms with Crippen LogP contribution in [0, 0.1) is 0 Å². The minimum Gasteiger partial charge on any atom is -0.314 e. The van der Waals surface area contributed by atoms with E-state index in [9.17, 15) is 0 Å². The molecule has 0 spiro atoms. The van der Waals surface area contributed by atoms with Crippen LogP contribution in [0.15, 0.2) is 6.07 Å².